The molecule has 0 saturated heterocycles. The number of hydrogen-bond acceptors (Lipinski definition) is 5. The fourth-order valence-corrected chi connectivity index (χ4v) is 4.70. The zero-order valence-electron chi connectivity index (χ0n) is 13.8. The van der Waals surface area contributed by atoms with Gasteiger partial charge in [-0.25, -0.2) is 0 Å². The molecule has 0 unspecified atom stereocenters. The summed E-state index contributed by atoms with van der Waals surface area (Å²) in [5, 5.41) is 11.6. The van der Waals surface area contributed by atoms with Crippen LogP contribution in [0.15, 0.2) is 53.5 Å². The number of carbonyl (C=O) groups is 1. The number of nitrogens with zero attached hydrogens (tertiary/aromatic N) is 3. The first-order valence-corrected chi connectivity index (χ1v) is 9.49. The second kappa shape index (κ2) is 6.79. The first kappa shape index (κ1) is 17.1. The minimum Gasteiger partial charge on any atom is -0.305 e. The molecule has 132 valence electrons. The number of thiazole rings is 1. The fraction of sp³-hybridized carbons (Fsp3) is 0.0526. The van der Waals surface area contributed by atoms with Gasteiger partial charge in [-0.3, -0.25) is 14.9 Å². The predicted molar refractivity (Wildman–Crippen MR) is 107 cm³/mol. The van der Waals surface area contributed by atoms with E-state index in [9.17, 15) is 14.9 Å². The van der Waals surface area contributed by atoms with Gasteiger partial charge in [0.1, 0.15) is 0 Å². The molecule has 2 aromatic carbocycles. The zero-order chi connectivity index (χ0) is 19.0. The number of benzene rings is 2. The van der Waals surface area contributed by atoms with Crippen LogP contribution in [0.1, 0.15) is 9.67 Å². The molecule has 0 radical (unpaired) electrons. The molecule has 0 aliphatic heterocycles. The van der Waals surface area contributed by atoms with Crippen molar-refractivity contribution < 1.29 is 9.72 Å². The van der Waals surface area contributed by atoms with Crippen molar-refractivity contribution in [1.29, 1.82) is 0 Å². The molecule has 4 aromatic rings. The van der Waals surface area contributed by atoms with Gasteiger partial charge in [-0.2, -0.15) is 4.99 Å². The highest BCUT2D eigenvalue weighted by Gasteiger charge is 2.14. The quantitative estimate of drug-likeness (QED) is 0.297. The average molecular weight is 393 g/mol. The van der Waals surface area contributed by atoms with Crippen LogP contribution in [0.25, 0.3) is 20.3 Å². The van der Waals surface area contributed by atoms with E-state index in [4.69, 9.17) is 6.42 Å². The van der Waals surface area contributed by atoms with E-state index in [1.54, 1.807) is 12.1 Å². The van der Waals surface area contributed by atoms with Crippen LogP contribution in [0.2, 0.25) is 0 Å². The number of amides is 1. The topological polar surface area (TPSA) is 77.5 Å². The Morgan fingerprint density at radius 1 is 1.19 bits per heavy atom. The van der Waals surface area contributed by atoms with Gasteiger partial charge in [-0.05, 0) is 24.3 Å². The van der Waals surface area contributed by atoms with Gasteiger partial charge in [-0.15, -0.1) is 17.8 Å². The number of thiophene rings is 1. The molecular weight excluding hydrogens is 382 g/mol. The molecule has 0 aliphatic carbocycles. The molecule has 4 rings (SSSR count). The number of carbonyl (C=O) groups excluding carboxylic acids is 1. The van der Waals surface area contributed by atoms with Crippen LogP contribution >= 0.6 is 22.7 Å². The van der Waals surface area contributed by atoms with Crippen molar-refractivity contribution >= 4 is 54.6 Å². The number of rotatable bonds is 3. The summed E-state index contributed by atoms with van der Waals surface area (Å²) in [7, 11) is 0. The summed E-state index contributed by atoms with van der Waals surface area (Å²) in [6.07, 6.45) is 5.47. The number of para-hydroxylation sites is 1. The highest BCUT2D eigenvalue weighted by Crippen LogP contribution is 2.29. The Morgan fingerprint density at radius 2 is 2.00 bits per heavy atom. The molecule has 2 heterocycles. The molecule has 0 atom stereocenters. The Morgan fingerprint density at radius 3 is 2.78 bits per heavy atom. The molecule has 2 aromatic heterocycles. The normalized spacial score (nSPS) is 11.7. The van der Waals surface area contributed by atoms with E-state index in [-0.39, 0.29) is 5.69 Å². The summed E-state index contributed by atoms with van der Waals surface area (Å²) < 4.78 is 3.62. The zero-order valence-corrected chi connectivity index (χ0v) is 15.4. The smallest absolute Gasteiger partial charge is 0.289 e. The van der Waals surface area contributed by atoms with Crippen molar-refractivity contribution in [3.05, 3.63) is 68.3 Å². The number of non-ortho nitro benzene ring substituents is 1. The molecule has 8 heteroatoms. The lowest BCUT2D eigenvalue weighted by atomic mass is 10.2. The van der Waals surface area contributed by atoms with Gasteiger partial charge in [0.15, 0.2) is 4.80 Å². The maximum absolute atomic E-state index is 12.7. The lowest BCUT2D eigenvalue weighted by molar-refractivity contribution is -0.384. The third-order valence-corrected chi connectivity index (χ3v) is 6.12. The lowest BCUT2D eigenvalue weighted by Crippen LogP contribution is -2.16. The van der Waals surface area contributed by atoms with E-state index in [0.29, 0.717) is 21.6 Å². The van der Waals surface area contributed by atoms with Crippen molar-refractivity contribution in [3.8, 4) is 12.3 Å². The highest BCUT2D eigenvalue weighted by molar-refractivity contribution is 7.21. The minimum atomic E-state index is -0.455. The van der Waals surface area contributed by atoms with E-state index in [2.05, 4.69) is 10.9 Å². The van der Waals surface area contributed by atoms with E-state index < -0.39 is 10.8 Å². The summed E-state index contributed by atoms with van der Waals surface area (Å²) in [5.41, 5.74) is 0.923. The molecule has 0 aliphatic rings. The third-order valence-electron chi connectivity index (χ3n) is 3.96. The minimum absolute atomic E-state index is 0.00685. The molecule has 1 amide bonds. The molecule has 0 N–H and O–H groups in total. The second-order valence-electron chi connectivity index (χ2n) is 5.65. The van der Waals surface area contributed by atoms with Crippen LogP contribution in [-0.4, -0.2) is 15.4 Å². The molecule has 0 fully saturated rings. The van der Waals surface area contributed by atoms with Gasteiger partial charge >= 0.3 is 0 Å². The van der Waals surface area contributed by atoms with Crippen LogP contribution in [0.5, 0.6) is 0 Å². The molecule has 0 saturated carbocycles. The number of terminal acetylenes is 1. The van der Waals surface area contributed by atoms with Gasteiger partial charge in [0.05, 0.1) is 26.6 Å². The SMILES string of the molecule is C#CCn1c(=NC(=O)c2cc3cc([N+](=O)[O-])ccc3s2)sc2ccccc21. The first-order valence-electron chi connectivity index (χ1n) is 7.85. The average Bonchev–Trinajstić information content (AvgIpc) is 3.23. The number of aromatic nitrogens is 1. The number of hydrogen-bond donors (Lipinski definition) is 0. The van der Waals surface area contributed by atoms with Gasteiger partial charge in [0.2, 0.25) is 0 Å². The van der Waals surface area contributed by atoms with Crippen molar-refractivity contribution in [2.75, 3.05) is 0 Å². The summed E-state index contributed by atoms with van der Waals surface area (Å²) in [5.74, 6) is 2.20. The van der Waals surface area contributed by atoms with Crippen LogP contribution in [0.3, 0.4) is 0 Å². The van der Waals surface area contributed by atoms with Crippen molar-refractivity contribution in [2.24, 2.45) is 4.99 Å². The Labute approximate surface area is 161 Å². The Bertz CT molecular complexity index is 1320. The maximum atomic E-state index is 12.7. The Hall–Kier alpha value is -3.28. The van der Waals surface area contributed by atoms with Crippen molar-refractivity contribution in [2.45, 2.75) is 6.54 Å². The van der Waals surface area contributed by atoms with Crippen molar-refractivity contribution in [3.63, 3.8) is 0 Å². The van der Waals surface area contributed by atoms with E-state index in [1.807, 2.05) is 28.8 Å². The van der Waals surface area contributed by atoms with Gasteiger partial charge in [0, 0.05) is 22.2 Å². The number of nitro groups is 1. The van der Waals surface area contributed by atoms with E-state index in [0.717, 1.165) is 14.9 Å². The fourth-order valence-electron chi connectivity index (χ4n) is 2.74. The van der Waals surface area contributed by atoms with Crippen molar-refractivity contribution in [1.82, 2.24) is 4.57 Å². The molecule has 0 bridgehead atoms. The summed E-state index contributed by atoms with van der Waals surface area (Å²) >= 11 is 2.66. The predicted octanol–water partition coefficient (Wildman–Crippen LogP) is 4.20. The molecule has 6 nitrogen and oxygen atoms in total. The molecule has 27 heavy (non-hydrogen) atoms. The lowest BCUT2D eigenvalue weighted by Gasteiger charge is -1.98. The highest BCUT2D eigenvalue weighted by atomic mass is 32.1. The second-order valence-corrected chi connectivity index (χ2v) is 7.74. The van der Waals surface area contributed by atoms with Crippen LogP contribution < -0.4 is 4.80 Å². The van der Waals surface area contributed by atoms with Crippen LogP contribution in [-0.2, 0) is 6.54 Å². The molecular formula is C19H11N3O3S2. The summed E-state index contributed by atoms with van der Waals surface area (Å²) in [4.78, 5) is 28.4. The van der Waals surface area contributed by atoms with Crippen LogP contribution in [0, 0.1) is 22.5 Å². The summed E-state index contributed by atoms with van der Waals surface area (Å²) in [6.45, 7) is 0.314. The van der Waals surface area contributed by atoms with Gasteiger partial charge in [0.25, 0.3) is 11.6 Å². The van der Waals surface area contributed by atoms with Gasteiger partial charge < -0.3 is 4.57 Å². The van der Waals surface area contributed by atoms with Gasteiger partial charge in [-0.1, -0.05) is 29.4 Å². The molecule has 0 spiro atoms. The maximum Gasteiger partial charge on any atom is 0.289 e. The first-order chi connectivity index (χ1) is 13.1. The summed E-state index contributed by atoms with van der Waals surface area (Å²) in [6, 6.07) is 13.9. The Kier molecular flexibility index (Phi) is 4.32. The monoisotopic (exact) mass is 393 g/mol. The van der Waals surface area contributed by atoms with E-state index >= 15 is 0 Å². The number of fused-ring (bicyclic) bond motifs is 2. The van der Waals surface area contributed by atoms with Crippen LogP contribution in [0.4, 0.5) is 5.69 Å². The Balaban J connectivity index is 1.81. The largest absolute Gasteiger partial charge is 0.305 e. The third kappa shape index (κ3) is 3.14. The number of nitro benzene ring substituents is 1. The van der Waals surface area contributed by atoms with E-state index in [1.165, 1.54) is 34.8 Å². The standard InChI is InChI=1S/C19H11N3O3S2/c1-2-9-21-14-5-3-4-6-16(14)27-19(21)20-18(23)17-11-12-10-13(22(24)25)7-8-15(12)26-17/h1,3-8,10-11H,9H2.